The Hall–Kier alpha value is -2.20. The third kappa shape index (κ3) is 3.89. The highest BCUT2D eigenvalue weighted by molar-refractivity contribution is 5.40. The average molecular weight is 287 g/mol. The Bertz CT molecular complexity index is 584. The van der Waals surface area contributed by atoms with Crippen molar-refractivity contribution in [3.05, 3.63) is 53.6 Å². The minimum absolute atomic E-state index is 0.693. The largest absolute Gasteiger partial charge is 0.497 e. The maximum Gasteiger partial charge on any atom is 0.123 e. The second kappa shape index (κ2) is 7.55. The van der Waals surface area contributed by atoms with Gasteiger partial charge in [-0.2, -0.15) is 0 Å². The molecule has 0 saturated heterocycles. The van der Waals surface area contributed by atoms with E-state index in [0.29, 0.717) is 6.54 Å². The third-order valence-corrected chi connectivity index (χ3v) is 3.31. The third-order valence-electron chi connectivity index (χ3n) is 3.31. The minimum Gasteiger partial charge on any atom is -0.497 e. The van der Waals surface area contributed by atoms with Gasteiger partial charge < -0.3 is 19.5 Å². The summed E-state index contributed by atoms with van der Waals surface area (Å²) >= 11 is 0. The Morgan fingerprint density at radius 2 is 1.43 bits per heavy atom. The van der Waals surface area contributed by atoms with Crippen LogP contribution in [0.2, 0.25) is 0 Å². The van der Waals surface area contributed by atoms with Crippen molar-refractivity contribution < 1.29 is 14.2 Å². The lowest BCUT2D eigenvalue weighted by Gasteiger charge is -2.12. The van der Waals surface area contributed by atoms with Crippen molar-refractivity contribution >= 4 is 0 Å². The molecule has 0 saturated carbocycles. The fraction of sp³-hybridized carbons (Fsp3) is 0.294. The fourth-order valence-electron chi connectivity index (χ4n) is 2.20. The van der Waals surface area contributed by atoms with Crippen LogP contribution < -0.4 is 19.5 Å². The van der Waals surface area contributed by atoms with Crippen molar-refractivity contribution in [3.8, 4) is 17.2 Å². The standard InChI is InChI=1S/C17H21NO3/c1-19-15-8-9-17(21-3)14(10-15)12-18-11-13-6-4-5-7-16(13)20-2/h4-10,18H,11-12H2,1-3H3. The van der Waals surface area contributed by atoms with Crippen molar-refractivity contribution in [2.45, 2.75) is 13.1 Å². The molecule has 0 aliphatic heterocycles. The number of hydrogen-bond acceptors (Lipinski definition) is 4. The van der Waals surface area contributed by atoms with Crippen molar-refractivity contribution in [1.82, 2.24) is 5.32 Å². The van der Waals surface area contributed by atoms with Crippen LogP contribution in [-0.2, 0) is 13.1 Å². The average Bonchev–Trinajstić information content (AvgIpc) is 2.55. The zero-order chi connectivity index (χ0) is 15.1. The highest BCUT2D eigenvalue weighted by Crippen LogP contribution is 2.24. The normalized spacial score (nSPS) is 10.2. The molecular weight excluding hydrogens is 266 g/mol. The molecule has 0 amide bonds. The van der Waals surface area contributed by atoms with Gasteiger partial charge in [0.15, 0.2) is 0 Å². The highest BCUT2D eigenvalue weighted by atomic mass is 16.5. The molecule has 4 nitrogen and oxygen atoms in total. The van der Waals surface area contributed by atoms with E-state index in [4.69, 9.17) is 14.2 Å². The van der Waals surface area contributed by atoms with E-state index in [1.54, 1.807) is 21.3 Å². The molecule has 112 valence electrons. The van der Waals surface area contributed by atoms with E-state index in [2.05, 4.69) is 11.4 Å². The molecule has 0 heterocycles. The predicted octanol–water partition coefficient (Wildman–Crippen LogP) is 3.00. The quantitative estimate of drug-likeness (QED) is 0.850. The molecule has 0 aliphatic carbocycles. The van der Waals surface area contributed by atoms with Gasteiger partial charge in [-0.1, -0.05) is 18.2 Å². The highest BCUT2D eigenvalue weighted by Gasteiger charge is 2.06. The topological polar surface area (TPSA) is 39.7 Å². The Morgan fingerprint density at radius 1 is 0.762 bits per heavy atom. The number of ether oxygens (including phenoxy) is 3. The van der Waals surface area contributed by atoms with Crippen molar-refractivity contribution in [1.29, 1.82) is 0 Å². The van der Waals surface area contributed by atoms with Gasteiger partial charge in [-0.25, -0.2) is 0 Å². The summed E-state index contributed by atoms with van der Waals surface area (Å²) in [5.74, 6) is 2.57. The Balaban J connectivity index is 2.03. The van der Waals surface area contributed by atoms with Crippen LogP contribution in [0.3, 0.4) is 0 Å². The van der Waals surface area contributed by atoms with E-state index < -0.39 is 0 Å². The van der Waals surface area contributed by atoms with Gasteiger partial charge in [0.25, 0.3) is 0 Å². The predicted molar refractivity (Wildman–Crippen MR) is 83.1 cm³/mol. The van der Waals surface area contributed by atoms with E-state index in [1.807, 2.05) is 36.4 Å². The lowest BCUT2D eigenvalue weighted by atomic mass is 10.1. The number of para-hydroxylation sites is 1. The first-order valence-corrected chi connectivity index (χ1v) is 6.82. The van der Waals surface area contributed by atoms with E-state index >= 15 is 0 Å². The second-order valence-electron chi connectivity index (χ2n) is 4.59. The van der Waals surface area contributed by atoms with Crippen molar-refractivity contribution in [2.75, 3.05) is 21.3 Å². The molecule has 0 radical (unpaired) electrons. The summed E-state index contributed by atoms with van der Waals surface area (Å²) in [4.78, 5) is 0. The van der Waals surface area contributed by atoms with Crippen LogP contribution in [0.1, 0.15) is 11.1 Å². The summed E-state index contributed by atoms with van der Waals surface area (Å²) in [7, 11) is 5.02. The molecule has 21 heavy (non-hydrogen) atoms. The van der Waals surface area contributed by atoms with Crippen LogP contribution in [0.4, 0.5) is 0 Å². The lowest BCUT2D eigenvalue weighted by Crippen LogP contribution is -2.14. The zero-order valence-corrected chi connectivity index (χ0v) is 12.7. The SMILES string of the molecule is COc1ccc(OC)c(CNCc2ccccc2OC)c1. The maximum absolute atomic E-state index is 5.37. The first kappa shape index (κ1) is 15.2. The molecule has 0 aromatic heterocycles. The van der Waals surface area contributed by atoms with Crippen molar-refractivity contribution in [2.24, 2.45) is 0 Å². The molecule has 0 unspecified atom stereocenters. The molecule has 0 spiro atoms. The number of benzene rings is 2. The molecule has 0 bridgehead atoms. The van der Waals surface area contributed by atoms with Crippen LogP contribution in [0.25, 0.3) is 0 Å². The molecule has 2 aromatic carbocycles. The lowest BCUT2D eigenvalue weighted by molar-refractivity contribution is 0.396. The number of methoxy groups -OCH3 is 3. The summed E-state index contributed by atoms with van der Waals surface area (Å²) < 4.78 is 16.0. The molecule has 0 aliphatic rings. The van der Waals surface area contributed by atoms with Crippen LogP contribution in [0.15, 0.2) is 42.5 Å². The Kier molecular flexibility index (Phi) is 5.46. The summed E-state index contributed by atoms with van der Waals surface area (Å²) in [6.45, 7) is 1.42. The van der Waals surface area contributed by atoms with Gasteiger partial charge >= 0.3 is 0 Å². The monoisotopic (exact) mass is 287 g/mol. The van der Waals surface area contributed by atoms with Crippen LogP contribution in [-0.4, -0.2) is 21.3 Å². The van der Waals surface area contributed by atoms with Gasteiger partial charge in [-0.05, 0) is 24.3 Å². The number of nitrogens with one attached hydrogen (secondary N) is 1. The van der Waals surface area contributed by atoms with Gasteiger partial charge in [0.1, 0.15) is 17.2 Å². The summed E-state index contributed by atoms with van der Waals surface area (Å²) in [6, 6.07) is 13.8. The summed E-state index contributed by atoms with van der Waals surface area (Å²) in [6.07, 6.45) is 0. The minimum atomic E-state index is 0.693. The summed E-state index contributed by atoms with van der Waals surface area (Å²) in [5, 5.41) is 3.40. The first-order valence-electron chi connectivity index (χ1n) is 6.82. The number of hydrogen-bond donors (Lipinski definition) is 1. The van der Waals surface area contributed by atoms with E-state index in [9.17, 15) is 0 Å². The molecule has 1 N–H and O–H groups in total. The van der Waals surface area contributed by atoms with Gasteiger partial charge in [0.05, 0.1) is 21.3 Å². The molecule has 0 fully saturated rings. The Labute approximate surface area is 125 Å². The molecule has 2 rings (SSSR count). The molecule has 0 atom stereocenters. The fourth-order valence-corrected chi connectivity index (χ4v) is 2.20. The van der Waals surface area contributed by atoms with Crippen LogP contribution in [0.5, 0.6) is 17.2 Å². The van der Waals surface area contributed by atoms with Gasteiger partial charge in [0, 0.05) is 24.2 Å². The van der Waals surface area contributed by atoms with Gasteiger partial charge in [-0.3, -0.25) is 0 Å². The van der Waals surface area contributed by atoms with E-state index in [1.165, 1.54) is 0 Å². The maximum atomic E-state index is 5.37. The molecule has 4 heteroatoms. The smallest absolute Gasteiger partial charge is 0.123 e. The van der Waals surface area contributed by atoms with Gasteiger partial charge in [0.2, 0.25) is 0 Å². The molecule has 2 aromatic rings. The first-order chi connectivity index (χ1) is 10.3. The number of rotatable bonds is 7. The van der Waals surface area contributed by atoms with Gasteiger partial charge in [-0.15, -0.1) is 0 Å². The van der Waals surface area contributed by atoms with Crippen LogP contribution >= 0.6 is 0 Å². The van der Waals surface area contributed by atoms with Crippen LogP contribution in [0, 0.1) is 0 Å². The van der Waals surface area contributed by atoms with E-state index in [-0.39, 0.29) is 0 Å². The second-order valence-corrected chi connectivity index (χ2v) is 4.59. The zero-order valence-electron chi connectivity index (χ0n) is 12.7. The molecular formula is C17H21NO3. The van der Waals surface area contributed by atoms with Crippen molar-refractivity contribution in [3.63, 3.8) is 0 Å². The Morgan fingerprint density at radius 3 is 2.14 bits per heavy atom. The van der Waals surface area contributed by atoms with E-state index in [0.717, 1.165) is 34.9 Å². The summed E-state index contributed by atoms with van der Waals surface area (Å²) in [5.41, 5.74) is 2.19.